The van der Waals surface area contributed by atoms with E-state index in [0.717, 1.165) is 17.7 Å². The largest absolute Gasteiger partial charge is 0.416 e. The van der Waals surface area contributed by atoms with Gasteiger partial charge in [0.05, 0.1) is 12.1 Å². The number of alkyl halides is 3. The Labute approximate surface area is 197 Å². The highest BCUT2D eigenvalue weighted by Crippen LogP contribution is 2.30. The second-order valence-electron chi connectivity index (χ2n) is 8.50. The molecule has 35 heavy (non-hydrogen) atoms. The van der Waals surface area contributed by atoms with E-state index in [9.17, 15) is 22.8 Å². The molecule has 0 bridgehead atoms. The van der Waals surface area contributed by atoms with Gasteiger partial charge in [0.2, 0.25) is 0 Å². The van der Waals surface area contributed by atoms with Gasteiger partial charge in [-0.3, -0.25) is 9.59 Å². The fourth-order valence-electron chi connectivity index (χ4n) is 4.28. The smallest absolute Gasteiger partial charge is 0.339 e. The first kappa shape index (κ1) is 22.8. The lowest BCUT2D eigenvalue weighted by atomic mass is 9.95. The van der Waals surface area contributed by atoms with Crippen molar-refractivity contribution < 1.29 is 18.0 Å². The average Bonchev–Trinajstić information content (AvgIpc) is 3.27. The number of aromatic nitrogens is 5. The molecule has 1 fully saturated rings. The predicted molar refractivity (Wildman–Crippen MR) is 121 cm³/mol. The van der Waals surface area contributed by atoms with E-state index < -0.39 is 11.7 Å². The first-order chi connectivity index (χ1) is 16.8. The summed E-state index contributed by atoms with van der Waals surface area (Å²) in [5, 5.41) is 8.06. The van der Waals surface area contributed by atoms with Crippen LogP contribution in [0.2, 0.25) is 0 Å². The fraction of sp³-hybridized carbons (Fsp3) is 0.292. The summed E-state index contributed by atoms with van der Waals surface area (Å²) in [6.45, 7) is 1.22. The quantitative estimate of drug-likeness (QED) is 0.480. The second-order valence-corrected chi connectivity index (χ2v) is 8.50. The first-order valence-electron chi connectivity index (χ1n) is 11.1. The summed E-state index contributed by atoms with van der Waals surface area (Å²) < 4.78 is 39.9. The van der Waals surface area contributed by atoms with Crippen LogP contribution in [-0.4, -0.2) is 48.9 Å². The minimum absolute atomic E-state index is 0.0798. The highest BCUT2D eigenvalue weighted by atomic mass is 19.4. The SMILES string of the molecule is O=C(c1ccc(C(F)(F)F)cc1)N1CCC(c2nc3c(nnn3Cc3ccccc3)c(=O)[nH]2)CC1. The lowest BCUT2D eigenvalue weighted by molar-refractivity contribution is -0.137. The summed E-state index contributed by atoms with van der Waals surface area (Å²) in [5.41, 5.74) is 0.612. The van der Waals surface area contributed by atoms with Gasteiger partial charge in [-0.05, 0) is 42.7 Å². The lowest BCUT2D eigenvalue weighted by Gasteiger charge is -2.31. The van der Waals surface area contributed by atoms with Gasteiger partial charge in [0.1, 0.15) is 5.82 Å². The van der Waals surface area contributed by atoms with Crippen molar-refractivity contribution in [2.45, 2.75) is 31.5 Å². The van der Waals surface area contributed by atoms with Crippen molar-refractivity contribution in [1.29, 1.82) is 0 Å². The van der Waals surface area contributed by atoms with Crippen LogP contribution in [0.15, 0.2) is 59.4 Å². The zero-order valence-electron chi connectivity index (χ0n) is 18.5. The molecule has 0 aliphatic carbocycles. The summed E-state index contributed by atoms with van der Waals surface area (Å²) in [5.74, 6) is 0.115. The molecule has 1 aliphatic rings. The molecule has 1 amide bonds. The number of nitrogens with one attached hydrogen (secondary N) is 1. The minimum atomic E-state index is -4.45. The van der Waals surface area contributed by atoms with Crippen LogP contribution in [-0.2, 0) is 12.7 Å². The Balaban J connectivity index is 1.30. The van der Waals surface area contributed by atoms with Crippen molar-refractivity contribution in [2.24, 2.45) is 0 Å². The molecule has 4 aromatic rings. The van der Waals surface area contributed by atoms with Gasteiger partial charge in [0.25, 0.3) is 11.5 Å². The second kappa shape index (κ2) is 8.97. The van der Waals surface area contributed by atoms with E-state index in [-0.39, 0.29) is 28.5 Å². The number of carbonyl (C=O) groups excluding carboxylic acids is 1. The number of hydrogen-bond donors (Lipinski definition) is 1. The molecule has 1 saturated heterocycles. The van der Waals surface area contributed by atoms with Gasteiger partial charge in [-0.15, -0.1) is 5.10 Å². The molecule has 180 valence electrons. The van der Waals surface area contributed by atoms with E-state index in [1.165, 1.54) is 12.1 Å². The van der Waals surface area contributed by atoms with Gasteiger partial charge in [0.15, 0.2) is 11.2 Å². The molecular weight excluding hydrogens is 461 g/mol. The topological polar surface area (TPSA) is 96.8 Å². The van der Waals surface area contributed by atoms with Gasteiger partial charge in [-0.25, -0.2) is 9.67 Å². The molecule has 2 aromatic heterocycles. The maximum absolute atomic E-state index is 12.8. The Kier molecular flexibility index (Phi) is 5.83. The third-order valence-electron chi connectivity index (χ3n) is 6.20. The third kappa shape index (κ3) is 4.66. The minimum Gasteiger partial charge on any atom is -0.339 e. The van der Waals surface area contributed by atoms with E-state index in [1.54, 1.807) is 9.58 Å². The number of aromatic amines is 1. The number of hydrogen-bond acceptors (Lipinski definition) is 5. The molecule has 2 aromatic carbocycles. The maximum Gasteiger partial charge on any atom is 0.416 e. The molecule has 8 nitrogen and oxygen atoms in total. The number of halogens is 3. The van der Waals surface area contributed by atoms with Crippen molar-refractivity contribution >= 4 is 17.1 Å². The number of benzene rings is 2. The molecule has 1 aliphatic heterocycles. The van der Waals surface area contributed by atoms with Crippen molar-refractivity contribution in [3.05, 3.63) is 87.5 Å². The molecular formula is C24H21F3N6O2. The molecule has 0 saturated carbocycles. The van der Waals surface area contributed by atoms with E-state index in [0.29, 0.717) is 43.9 Å². The van der Waals surface area contributed by atoms with Gasteiger partial charge in [-0.2, -0.15) is 13.2 Å². The normalized spacial score (nSPS) is 15.0. The molecule has 0 unspecified atom stereocenters. The van der Waals surface area contributed by atoms with E-state index in [4.69, 9.17) is 0 Å². The van der Waals surface area contributed by atoms with Gasteiger partial charge in [0, 0.05) is 24.6 Å². The number of H-pyrrole nitrogens is 1. The third-order valence-corrected chi connectivity index (χ3v) is 6.20. The van der Waals surface area contributed by atoms with Crippen molar-refractivity contribution in [3.63, 3.8) is 0 Å². The van der Waals surface area contributed by atoms with E-state index >= 15 is 0 Å². The van der Waals surface area contributed by atoms with Gasteiger partial charge >= 0.3 is 6.18 Å². The average molecular weight is 482 g/mol. The number of carbonyl (C=O) groups is 1. The summed E-state index contributed by atoms with van der Waals surface area (Å²) in [6, 6.07) is 13.9. The fourth-order valence-corrected chi connectivity index (χ4v) is 4.28. The number of fused-ring (bicyclic) bond motifs is 1. The zero-order chi connectivity index (χ0) is 24.6. The van der Waals surface area contributed by atoms with Crippen molar-refractivity contribution in [2.75, 3.05) is 13.1 Å². The van der Waals surface area contributed by atoms with Crippen molar-refractivity contribution in [3.8, 4) is 0 Å². The number of rotatable bonds is 4. The Morgan fingerprint density at radius 1 is 1.03 bits per heavy atom. The van der Waals surface area contributed by atoms with E-state index in [1.807, 2.05) is 30.3 Å². The zero-order valence-corrected chi connectivity index (χ0v) is 18.5. The number of piperidine rings is 1. The summed E-state index contributed by atoms with van der Waals surface area (Å²) >= 11 is 0. The number of amides is 1. The number of nitrogens with zero attached hydrogens (tertiary/aromatic N) is 5. The Morgan fingerprint density at radius 2 is 1.71 bits per heavy atom. The molecule has 3 heterocycles. The lowest BCUT2D eigenvalue weighted by Crippen LogP contribution is -2.38. The summed E-state index contributed by atoms with van der Waals surface area (Å²) in [6.07, 6.45) is -3.33. The van der Waals surface area contributed by atoms with Gasteiger partial charge in [-0.1, -0.05) is 35.5 Å². The summed E-state index contributed by atoms with van der Waals surface area (Å²) in [4.78, 5) is 34.4. The van der Waals surface area contributed by atoms with Crippen LogP contribution in [0.1, 0.15) is 46.1 Å². The highest BCUT2D eigenvalue weighted by molar-refractivity contribution is 5.94. The Morgan fingerprint density at radius 3 is 2.37 bits per heavy atom. The summed E-state index contributed by atoms with van der Waals surface area (Å²) in [7, 11) is 0. The molecule has 0 spiro atoms. The molecule has 5 rings (SSSR count). The van der Waals surface area contributed by atoms with Crippen LogP contribution in [0.25, 0.3) is 11.2 Å². The number of likely N-dealkylation sites (tertiary alicyclic amines) is 1. The van der Waals surface area contributed by atoms with Crippen molar-refractivity contribution in [1.82, 2.24) is 29.9 Å². The molecule has 1 N–H and O–H groups in total. The Hall–Kier alpha value is -4.02. The molecule has 11 heteroatoms. The van der Waals surface area contributed by atoms with E-state index in [2.05, 4.69) is 20.3 Å². The van der Waals surface area contributed by atoms with Crippen LogP contribution >= 0.6 is 0 Å². The van der Waals surface area contributed by atoms with Crippen LogP contribution in [0.5, 0.6) is 0 Å². The predicted octanol–water partition coefficient (Wildman–Crippen LogP) is 3.60. The standard InChI is InChI=1S/C24H21F3N6O2/c25-24(26,27)18-8-6-17(7-9-18)23(35)32-12-10-16(11-13-32)20-28-21-19(22(34)29-20)30-31-33(21)14-15-4-2-1-3-5-15/h1-9,16H,10-14H2,(H,28,29,34). The van der Waals surface area contributed by atoms with Gasteiger partial charge < -0.3 is 9.88 Å². The van der Waals surface area contributed by atoms with Crippen LogP contribution in [0, 0.1) is 0 Å². The monoisotopic (exact) mass is 482 g/mol. The maximum atomic E-state index is 12.8. The van der Waals surface area contributed by atoms with Crippen LogP contribution in [0.4, 0.5) is 13.2 Å². The highest BCUT2D eigenvalue weighted by Gasteiger charge is 2.31. The molecule has 0 radical (unpaired) electrons. The molecule has 0 atom stereocenters. The van der Waals surface area contributed by atoms with Crippen LogP contribution < -0.4 is 5.56 Å². The first-order valence-corrected chi connectivity index (χ1v) is 11.1. The van der Waals surface area contributed by atoms with Crippen LogP contribution in [0.3, 0.4) is 0 Å². The Bertz CT molecular complexity index is 1410.